The van der Waals surface area contributed by atoms with Crippen molar-refractivity contribution in [2.75, 3.05) is 18.6 Å². The van der Waals surface area contributed by atoms with E-state index in [0.717, 1.165) is 5.56 Å². The Balaban J connectivity index is 1.97. The van der Waals surface area contributed by atoms with Crippen molar-refractivity contribution in [3.63, 3.8) is 0 Å². The van der Waals surface area contributed by atoms with Crippen LogP contribution in [0.4, 0.5) is 11.6 Å². The molecule has 122 valence electrons. The minimum absolute atomic E-state index is 0.115. The number of carbonyl (C=O) groups excluding carboxylic acids is 1. The predicted molar refractivity (Wildman–Crippen MR) is 89.7 cm³/mol. The fourth-order valence-corrected chi connectivity index (χ4v) is 3.57. The molecule has 4 rings (SSSR count). The maximum atomic E-state index is 12.3. The van der Waals surface area contributed by atoms with Crippen molar-refractivity contribution in [3.8, 4) is 5.75 Å². The number of hydrogen-bond acceptors (Lipinski definition) is 8. The van der Waals surface area contributed by atoms with Crippen molar-refractivity contribution in [1.82, 2.24) is 9.97 Å². The van der Waals surface area contributed by atoms with Crippen LogP contribution in [0.3, 0.4) is 0 Å². The molecule has 0 amide bonds. The van der Waals surface area contributed by atoms with Gasteiger partial charge in [0.2, 0.25) is 0 Å². The number of fused-ring (bicyclic) bond motifs is 2. The molecule has 0 saturated carbocycles. The minimum atomic E-state index is -0.565. The first kappa shape index (κ1) is 14.9. The molecule has 0 radical (unpaired) electrons. The van der Waals surface area contributed by atoms with Gasteiger partial charge in [-0.2, -0.15) is 0 Å². The second-order valence-electron chi connectivity index (χ2n) is 5.59. The van der Waals surface area contributed by atoms with Crippen LogP contribution in [0.1, 0.15) is 17.0 Å². The number of nitrogens with zero attached hydrogens (tertiary/aromatic N) is 3. The fraction of sp³-hybridized carbons (Fsp3) is 0.250. The number of cyclic esters (lactones) is 1. The van der Waals surface area contributed by atoms with Crippen molar-refractivity contribution in [3.05, 3.63) is 35.4 Å². The Hall–Kier alpha value is -2.61. The molecule has 0 aliphatic carbocycles. The van der Waals surface area contributed by atoms with E-state index in [1.807, 2.05) is 12.3 Å². The maximum Gasteiger partial charge on any atom is 0.316 e. The third-order valence-corrected chi connectivity index (χ3v) is 4.76. The quantitative estimate of drug-likeness (QED) is 0.487. The van der Waals surface area contributed by atoms with Crippen LogP contribution in [0.25, 0.3) is 0 Å². The van der Waals surface area contributed by atoms with E-state index in [0.29, 0.717) is 28.1 Å². The van der Waals surface area contributed by atoms with Crippen molar-refractivity contribution >= 4 is 35.1 Å². The number of nitrogens with two attached hydrogens (primary N) is 1. The number of aromatic hydroxyl groups is 1. The number of aliphatic imine (C=N–C) groups is 1. The normalized spacial score (nSPS) is 21.7. The van der Waals surface area contributed by atoms with Crippen LogP contribution in [0, 0.1) is 5.92 Å². The molecule has 2 atom stereocenters. The molecule has 3 heterocycles. The van der Waals surface area contributed by atoms with E-state index in [1.165, 1.54) is 11.8 Å². The number of rotatable bonds is 2. The van der Waals surface area contributed by atoms with Gasteiger partial charge >= 0.3 is 5.97 Å². The fourth-order valence-electron chi connectivity index (χ4n) is 3.20. The SMILES string of the molecule is CSc1nc(N)c2c(n1)N=C1COC(=O)C1C2c1cccc(O)c1. The maximum absolute atomic E-state index is 12.3. The number of anilines is 1. The topological polar surface area (TPSA) is 111 Å². The number of esters is 1. The van der Waals surface area contributed by atoms with Gasteiger partial charge in [0, 0.05) is 11.5 Å². The summed E-state index contributed by atoms with van der Waals surface area (Å²) in [5, 5.41) is 10.4. The lowest BCUT2D eigenvalue weighted by Crippen LogP contribution is -2.29. The highest BCUT2D eigenvalue weighted by atomic mass is 32.2. The first-order valence-corrected chi connectivity index (χ1v) is 8.55. The summed E-state index contributed by atoms with van der Waals surface area (Å²) in [5.74, 6) is -0.466. The lowest BCUT2D eigenvalue weighted by atomic mass is 9.77. The Bertz CT molecular complexity index is 884. The Morgan fingerprint density at radius 2 is 2.17 bits per heavy atom. The molecule has 1 aromatic heterocycles. The first-order valence-electron chi connectivity index (χ1n) is 7.33. The molecule has 2 aliphatic rings. The van der Waals surface area contributed by atoms with Crippen molar-refractivity contribution in [2.24, 2.45) is 10.9 Å². The van der Waals surface area contributed by atoms with Gasteiger partial charge in [-0.05, 0) is 24.0 Å². The highest BCUT2D eigenvalue weighted by molar-refractivity contribution is 7.98. The van der Waals surface area contributed by atoms with E-state index < -0.39 is 11.8 Å². The lowest BCUT2D eigenvalue weighted by molar-refractivity contribution is -0.141. The third-order valence-electron chi connectivity index (χ3n) is 4.22. The smallest absolute Gasteiger partial charge is 0.316 e. The Morgan fingerprint density at radius 3 is 2.92 bits per heavy atom. The predicted octanol–water partition coefficient (Wildman–Crippen LogP) is 1.88. The molecule has 2 aliphatic heterocycles. The number of hydrogen-bond donors (Lipinski definition) is 2. The molecule has 1 fully saturated rings. The molecule has 7 nitrogen and oxygen atoms in total. The molecule has 8 heteroatoms. The summed E-state index contributed by atoms with van der Waals surface area (Å²) in [7, 11) is 0. The van der Waals surface area contributed by atoms with Crippen molar-refractivity contribution in [2.45, 2.75) is 11.1 Å². The number of benzene rings is 1. The number of aromatic nitrogens is 2. The van der Waals surface area contributed by atoms with Gasteiger partial charge in [0.25, 0.3) is 0 Å². The van der Waals surface area contributed by atoms with Gasteiger partial charge in [-0.15, -0.1) is 0 Å². The van der Waals surface area contributed by atoms with Crippen LogP contribution in [-0.2, 0) is 9.53 Å². The van der Waals surface area contributed by atoms with E-state index in [-0.39, 0.29) is 18.3 Å². The lowest BCUT2D eigenvalue weighted by Gasteiger charge is -2.27. The summed E-state index contributed by atoms with van der Waals surface area (Å²) in [6, 6.07) is 6.75. The summed E-state index contributed by atoms with van der Waals surface area (Å²) >= 11 is 1.37. The molecule has 0 bridgehead atoms. The molecule has 2 unspecified atom stereocenters. The monoisotopic (exact) mass is 342 g/mol. The Labute approximate surface area is 142 Å². The summed E-state index contributed by atoms with van der Waals surface area (Å²) < 4.78 is 5.18. The molecular formula is C16H14N4O3S. The van der Waals surface area contributed by atoms with Gasteiger partial charge in [0.15, 0.2) is 11.0 Å². The summed E-state index contributed by atoms with van der Waals surface area (Å²) in [5.41, 5.74) is 8.15. The van der Waals surface area contributed by atoms with E-state index >= 15 is 0 Å². The van der Waals surface area contributed by atoms with Crippen LogP contribution in [0.5, 0.6) is 5.75 Å². The van der Waals surface area contributed by atoms with Crippen LogP contribution >= 0.6 is 11.8 Å². The van der Waals surface area contributed by atoms with E-state index in [1.54, 1.807) is 18.2 Å². The number of ether oxygens (including phenoxy) is 1. The van der Waals surface area contributed by atoms with Crippen LogP contribution in [-0.4, -0.2) is 39.6 Å². The highest BCUT2D eigenvalue weighted by Crippen LogP contribution is 2.46. The molecule has 2 aromatic rings. The minimum Gasteiger partial charge on any atom is -0.508 e. The largest absolute Gasteiger partial charge is 0.508 e. The molecule has 3 N–H and O–H groups in total. The summed E-state index contributed by atoms with van der Waals surface area (Å²) in [6.45, 7) is 0.150. The van der Waals surface area contributed by atoms with Crippen LogP contribution in [0.15, 0.2) is 34.4 Å². The number of phenols is 1. The zero-order chi connectivity index (χ0) is 16.8. The molecular weight excluding hydrogens is 328 g/mol. The van der Waals surface area contributed by atoms with Gasteiger partial charge in [0.05, 0.1) is 5.71 Å². The second kappa shape index (κ2) is 5.48. The molecule has 1 saturated heterocycles. The van der Waals surface area contributed by atoms with Gasteiger partial charge in [0.1, 0.15) is 24.1 Å². The van der Waals surface area contributed by atoms with Crippen molar-refractivity contribution in [1.29, 1.82) is 0 Å². The second-order valence-corrected chi connectivity index (χ2v) is 6.37. The highest BCUT2D eigenvalue weighted by Gasteiger charge is 2.46. The zero-order valence-electron chi connectivity index (χ0n) is 12.8. The first-order chi connectivity index (χ1) is 11.6. The Morgan fingerprint density at radius 1 is 1.33 bits per heavy atom. The summed E-state index contributed by atoms with van der Waals surface area (Å²) in [6.07, 6.45) is 1.86. The van der Waals surface area contributed by atoms with Crippen LogP contribution in [0.2, 0.25) is 0 Å². The Kier molecular flexibility index (Phi) is 3.42. The average molecular weight is 342 g/mol. The van der Waals surface area contributed by atoms with Gasteiger partial charge in [-0.3, -0.25) is 4.79 Å². The van der Waals surface area contributed by atoms with Gasteiger partial charge in [-0.1, -0.05) is 23.9 Å². The number of phenolic OH excluding ortho intramolecular Hbond substituents is 1. The van der Waals surface area contributed by atoms with E-state index in [2.05, 4.69) is 15.0 Å². The van der Waals surface area contributed by atoms with Crippen LogP contribution < -0.4 is 5.73 Å². The van der Waals surface area contributed by atoms with Gasteiger partial charge < -0.3 is 15.6 Å². The zero-order valence-corrected chi connectivity index (χ0v) is 13.6. The molecule has 0 spiro atoms. The van der Waals surface area contributed by atoms with E-state index in [9.17, 15) is 9.90 Å². The van der Waals surface area contributed by atoms with Crippen molar-refractivity contribution < 1.29 is 14.6 Å². The summed E-state index contributed by atoms with van der Waals surface area (Å²) in [4.78, 5) is 25.5. The number of nitrogen functional groups attached to an aromatic ring is 1. The standard InChI is InChI=1S/C16H14N4O3S/c1-24-16-19-13(17)12-10(7-3-2-4-8(21)5-7)11-9(6-23-15(11)22)18-14(12)20-16/h2-5,10-11,21H,6H2,1H3,(H2,17,19,20). The average Bonchev–Trinajstić information content (AvgIpc) is 2.93. The van der Waals surface area contributed by atoms with E-state index in [4.69, 9.17) is 10.5 Å². The van der Waals surface area contributed by atoms with Gasteiger partial charge in [-0.25, -0.2) is 15.0 Å². The third kappa shape index (κ3) is 2.22. The molecule has 1 aromatic carbocycles. The number of thioether (sulfide) groups is 1. The number of carbonyl (C=O) groups is 1. The molecule has 24 heavy (non-hydrogen) atoms.